The van der Waals surface area contributed by atoms with E-state index in [2.05, 4.69) is 26.8 Å². The third-order valence-electron chi connectivity index (χ3n) is 2.18. The van der Waals surface area contributed by atoms with Crippen molar-refractivity contribution in [3.8, 4) is 5.75 Å². The Morgan fingerprint density at radius 2 is 1.87 bits per heavy atom. The Bertz CT molecular complexity index is 311. The molecule has 0 spiro atoms. The van der Waals surface area contributed by atoms with E-state index in [1.165, 1.54) is 5.56 Å². The van der Waals surface area contributed by atoms with Crippen LogP contribution in [0.4, 0.5) is 0 Å². The third kappa shape index (κ3) is 3.56. The fourth-order valence-corrected chi connectivity index (χ4v) is 1.42. The first-order chi connectivity index (χ1) is 6.91. The molecule has 0 aromatic heterocycles. The molecule has 0 aliphatic rings. The molecule has 0 saturated carbocycles. The van der Waals surface area contributed by atoms with Gasteiger partial charge in [0.05, 0.1) is 6.10 Å². The van der Waals surface area contributed by atoms with Gasteiger partial charge >= 0.3 is 0 Å². The largest absolute Gasteiger partial charge is 0.491 e. The van der Waals surface area contributed by atoms with Crippen LogP contribution in [-0.2, 0) is 5.41 Å². The first kappa shape index (κ1) is 12.1. The molecule has 2 nitrogen and oxygen atoms in total. The van der Waals surface area contributed by atoms with E-state index in [1.54, 1.807) is 6.92 Å². The van der Waals surface area contributed by atoms with Crippen LogP contribution in [-0.4, -0.2) is 17.8 Å². The van der Waals surface area contributed by atoms with Crippen LogP contribution in [0.3, 0.4) is 0 Å². The van der Waals surface area contributed by atoms with Crippen molar-refractivity contribution in [2.45, 2.75) is 39.2 Å². The van der Waals surface area contributed by atoms with Crippen molar-refractivity contribution in [2.75, 3.05) is 6.61 Å². The van der Waals surface area contributed by atoms with Crippen LogP contribution < -0.4 is 4.74 Å². The second-order valence-electron chi connectivity index (χ2n) is 4.91. The van der Waals surface area contributed by atoms with Gasteiger partial charge in [-0.1, -0.05) is 39.0 Å². The maximum atomic E-state index is 9.18. The summed E-state index contributed by atoms with van der Waals surface area (Å²) >= 11 is 0. The molecule has 1 aromatic rings. The summed E-state index contributed by atoms with van der Waals surface area (Å²) in [5.41, 5.74) is 1.24. The zero-order valence-electron chi connectivity index (χ0n) is 9.95. The lowest BCUT2D eigenvalue weighted by molar-refractivity contribution is 0.121. The average Bonchev–Trinajstić information content (AvgIpc) is 2.13. The number of benzene rings is 1. The second kappa shape index (κ2) is 4.67. The molecule has 0 radical (unpaired) electrons. The lowest BCUT2D eigenvalue weighted by Crippen LogP contribution is -2.17. The maximum absolute atomic E-state index is 9.18. The van der Waals surface area contributed by atoms with Crippen molar-refractivity contribution < 1.29 is 9.84 Å². The van der Waals surface area contributed by atoms with E-state index in [-0.39, 0.29) is 5.41 Å². The topological polar surface area (TPSA) is 29.5 Å². The Kier molecular flexibility index (Phi) is 3.75. The molecule has 0 fully saturated rings. The van der Waals surface area contributed by atoms with Gasteiger partial charge in [-0.2, -0.15) is 0 Å². The number of para-hydroxylation sites is 1. The Morgan fingerprint density at radius 1 is 1.27 bits per heavy atom. The van der Waals surface area contributed by atoms with Gasteiger partial charge in [-0.05, 0) is 24.0 Å². The van der Waals surface area contributed by atoms with Crippen LogP contribution in [0.5, 0.6) is 5.75 Å². The van der Waals surface area contributed by atoms with Gasteiger partial charge in [-0.15, -0.1) is 0 Å². The minimum absolute atomic E-state index is 0.0648. The monoisotopic (exact) mass is 208 g/mol. The minimum atomic E-state index is -0.432. The Hall–Kier alpha value is -1.02. The van der Waals surface area contributed by atoms with Gasteiger partial charge in [0.15, 0.2) is 0 Å². The molecular formula is C13H20O2. The van der Waals surface area contributed by atoms with E-state index in [0.717, 1.165) is 5.75 Å². The van der Waals surface area contributed by atoms with Gasteiger partial charge in [0, 0.05) is 0 Å². The van der Waals surface area contributed by atoms with Crippen molar-refractivity contribution in [1.82, 2.24) is 0 Å². The molecule has 0 saturated heterocycles. The van der Waals surface area contributed by atoms with Crippen molar-refractivity contribution in [3.63, 3.8) is 0 Å². The summed E-state index contributed by atoms with van der Waals surface area (Å²) in [5.74, 6) is 0.867. The lowest BCUT2D eigenvalue weighted by atomic mass is 9.86. The van der Waals surface area contributed by atoms with Crippen LogP contribution in [0.1, 0.15) is 33.3 Å². The van der Waals surface area contributed by atoms with E-state index in [9.17, 15) is 5.11 Å². The molecule has 1 aromatic carbocycles. The summed E-state index contributed by atoms with van der Waals surface area (Å²) in [6.07, 6.45) is -0.432. The van der Waals surface area contributed by atoms with E-state index in [4.69, 9.17) is 4.74 Å². The number of hydrogen-bond donors (Lipinski definition) is 1. The first-order valence-electron chi connectivity index (χ1n) is 5.31. The first-order valence-corrected chi connectivity index (χ1v) is 5.31. The summed E-state index contributed by atoms with van der Waals surface area (Å²) in [4.78, 5) is 0. The summed E-state index contributed by atoms with van der Waals surface area (Å²) in [5, 5.41) is 9.18. The maximum Gasteiger partial charge on any atom is 0.123 e. The quantitative estimate of drug-likeness (QED) is 0.827. The number of ether oxygens (including phenoxy) is 1. The highest BCUT2D eigenvalue weighted by atomic mass is 16.5. The third-order valence-corrected chi connectivity index (χ3v) is 2.18. The smallest absolute Gasteiger partial charge is 0.123 e. The van der Waals surface area contributed by atoms with Crippen LogP contribution in [0.2, 0.25) is 0 Å². The number of rotatable bonds is 3. The molecule has 0 heterocycles. The predicted octanol–water partition coefficient (Wildman–Crippen LogP) is 2.74. The SMILES string of the molecule is C[C@H](O)COc1ccccc1C(C)(C)C. The lowest BCUT2D eigenvalue weighted by Gasteiger charge is -2.23. The summed E-state index contributed by atoms with van der Waals surface area (Å²) in [6.45, 7) is 8.51. The number of aliphatic hydroxyl groups is 1. The van der Waals surface area contributed by atoms with Crippen LogP contribution in [0.25, 0.3) is 0 Å². The molecule has 1 rings (SSSR count). The molecule has 15 heavy (non-hydrogen) atoms. The molecule has 1 N–H and O–H groups in total. The van der Waals surface area contributed by atoms with Crippen LogP contribution in [0.15, 0.2) is 24.3 Å². The summed E-state index contributed by atoms with van der Waals surface area (Å²) < 4.78 is 5.58. The fraction of sp³-hybridized carbons (Fsp3) is 0.538. The van der Waals surface area contributed by atoms with E-state index < -0.39 is 6.10 Å². The van der Waals surface area contributed by atoms with Crippen molar-refractivity contribution in [2.24, 2.45) is 0 Å². The van der Waals surface area contributed by atoms with Gasteiger partial charge < -0.3 is 9.84 Å². The van der Waals surface area contributed by atoms with E-state index in [0.29, 0.717) is 6.61 Å². The molecule has 2 heteroatoms. The molecule has 0 unspecified atom stereocenters. The van der Waals surface area contributed by atoms with Gasteiger partial charge in [0.1, 0.15) is 12.4 Å². The molecular weight excluding hydrogens is 188 g/mol. The second-order valence-corrected chi connectivity index (χ2v) is 4.91. The number of hydrogen-bond acceptors (Lipinski definition) is 2. The molecule has 84 valence electrons. The summed E-state index contributed by atoms with van der Waals surface area (Å²) in [7, 11) is 0. The highest BCUT2D eigenvalue weighted by Gasteiger charge is 2.18. The molecule has 0 amide bonds. The Labute approximate surface area is 91.9 Å². The van der Waals surface area contributed by atoms with Crippen molar-refractivity contribution in [3.05, 3.63) is 29.8 Å². The highest BCUT2D eigenvalue weighted by Crippen LogP contribution is 2.30. The van der Waals surface area contributed by atoms with Crippen LogP contribution >= 0.6 is 0 Å². The van der Waals surface area contributed by atoms with Crippen molar-refractivity contribution in [1.29, 1.82) is 0 Å². The summed E-state index contributed by atoms with van der Waals surface area (Å²) in [6, 6.07) is 7.97. The van der Waals surface area contributed by atoms with Crippen LogP contribution in [0, 0.1) is 0 Å². The predicted molar refractivity (Wildman–Crippen MR) is 62.3 cm³/mol. The van der Waals surface area contributed by atoms with Gasteiger partial charge in [-0.3, -0.25) is 0 Å². The Balaban J connectivity index is 2.87. The van der Waals surface area contributed by atoms with Crippen molar-refractivity contribution >= 4 is 0 Å². The van der Waals surface area contributed by atoms with Gasteiger partial charge in [-0.25, -0.2) is 0 Å². The van der Waals surface area contributed by atoms with Gasteiger partial charge in [0.25, 0.3) is 0 Å². The molecule has 0 aliphatic carbocycles. The standard InChI is InChI=1S/C13H20O2/c1-10(14)9-15-12-8-6-5-7-11(12)13(2,3)4/h5-8,10,14H,9H2,1-4H3/t10-/m0/s1. The zero-order valence-corrected chi connectivity index (χ0v) is 9.95. The average molecular weight is 208 g/mol. The molecule has 0 bridgehead atoms. The van der Waals surface area contributed by atoms with E-state index in [1.807, 2.05) is 18.2 Å². The normalized spacial score (nSPS) is 13.7. The molecule has 0 aliphatic heterocycles. The van der Waals surface area contributed by atoms with Gasteiger partial charge in [0.2, 0.25) is 0 Å². The highest BCUT2D eigenvalue weighted by molar-refractivity contribution is 5.38. The minimum Gasteiger partial charge on any atom is -0.491 e. The Morgan fingerprint density at radius 3 is 2.40 bits per heavy atom. The fourth-order valence-electron chi connectivity index (χ4n) is 1.42. The molecule has 1 atom stereocenters. The zero-order chi connectivity index (χ0) is 11.5. The number of aliphatic hydroxyl groups excluding tert-OH is 1. The van der Waals surface area contributed by atoms with E-state index >= 15 is 0 Å².